The minimum absolute atomic E-state index is 0.814. The van der Waals surface area contributed by atoms with Crippen LogP contribution in [0.2, 0.25) is 0 Å². The smallest absolute Gasteiger partial charge is 0.122 e. The molecule has 0 bridgehead atoms. The first-order valence-electron chi connectivity index (χ1n) is 6.01. The summed E-state index contributed by atoms with van der Waals surface area (Å²) in [6, 6.07) is 5.93. The molecule has 0 N–H and O–H groups in total. The van der Waals surface area contributed by atoms with Crippen LogP contribution in [0.5, 0.6) is 11.5 Å². The molecule has 0 amide bonds. The largest absolute Gasteiger partial charge is 0.497 e. The van der Waals surface area contributed by atoms with E-state index in [0.717, 1.165) is 34.6 Å². The molecular weight excluding hydrogens is 308 g/mol. The topological polar surface area (TPSA) is 36.3 Å². The average molecular weight is 325 g/mol. The predicted molar refractivity (Wildman–Crippen MR) is 77.9 cm³/mol. The van der Waals surface area contributed by atoms with Gasteiger partial charge in [0.15, 0.2) is 0 Å². The minimum atomic E-state index is 0.814. The zero-order valence-corrected chi connectivity index (χ0v) is 12.9. The lowest BCUT2D eigenvalue weighted by atomic mass is 10.1. The summed E-state index contributed by atoms with van der Waals surface area (Å²) in [5.41, 5.74) is 2.23. The second kappa shape index (κ2) is 6.10. The number of benzene rings is 1. The maximum Gasteiger partial charge on any atom is 0.122 e. The summed E-state index contributed by atoms with van der Waals surface area (Å²) in [6.07, 6.45) is 3.58. The zero-order valence-electron chi connectivity index (χ0n) is 11.3. The molecule has 5 heteroatoms. The van der Waals surface area contributed by atoms with Crippen molar-refractivity contribution in [2.75, 3.05) is 14.2 Å². The van der Waals surface area contributed by atoms with Crippen molar-refractivity contribution in [3.63, 3.8) is 0 Å². The summed E-state index contributed by atoms with van der Waals surface area (Å²) < 4.78 is 13.5. The molecule has 2 rings (SSSR count). The van der Waals surface area contributed by atoms with Crippen LogP contribution in [0.25, 0.3) is 0 Å². The second-order valence-corrected chi connectivity index (χ2v) is 5.07. The maximum atomic E-state index is 5.27. The monoisotopic (exact) mass is 324 g/mol. The fraction of sp³-hybridized carbons (Fsp3) is 0.357. The van der Waals surface area contributed by atoms with E-state index in [2.05, 4.69) is 20.9 Å². The zero-order chi connectivity index (χ0) is 13.8. The van der Waals surface area contributed by atoms with E-state index in [4.69, 9.17) is 9.47 Å². The van der Waals surface area contributed by atoms with Gasteiger partial charge in [-0.05, 0) is 46.5 Å². The number of hydrogen-bond donors (Lipinski definition) is 0. The van der Waals surface area contributed by atoms with Crippen LogP contribution in [0.15, 0.2) is 29.1 Å². The summed E-state index contributed by atoms with van der Waals surface area (Å²) in [4.78, 5) is 4.37. The van der Waals surface area contributed by atoms with Crippen molar-refractivity contribution in [2.24, 2.45) is 7.05 Å². The summed E-state index contributed by atoms with van der Waals surface area (Å²) in [5, 5.41) is 0. The van der Waals surface area contributed by atoms with E-state index < -0.39 is 0 Å². The quantitative estimate of drug-likeness (QED) is 0.848. The Labute approximate surface area is 121 Å². The standard InChI is InChI=1S/C14H17BrN2O2/c1-17-9-16-13(14(17)15)5-4-10-6-11(18-2)8-12(7-10)19-3/h6-9H,4-5H2,1-3H3. The first-order valence-corrected chi connectivity index (χ1v) is 6.81. The highest BCUT2D eigenvalue weighted by atomic mass is 79.9. The van der Waals surface area contributed by atoms with E-state index >= 15 is 0 Å². The van der Waals surface area contributed by atoms with Crippen molar-refractivity contribution < 1.29 is 9.47 Å². The van der Waals surface area contributed by atoms with Gasteiger partial charge in [0.05, 0.1) is 26.2 Å². The summed E-state index contributed by atoms with van der Waals surface area (Å²) in [7, 11) is 5.29. The molecule has 1 heterocycles. The number of hydrogen-bond acceptors (Lipinski definition) is 3. The van der Waals surface area contributed by atoms with Crippen LogP contribution >= 0.6 is 15.9 Å². The van der Waals surface area contributed by atoms with Gasteiger partial charge in [-0.15, -0.1) is 0 Å². The molecular formula is C14H17BrN2O2. The Morgan fingerprint density at radius 3 is 2.21 bits per heavy atom. The Bertz CT molecular complexity index is 544. The van der Waals surface area contributed by atoms with E-state index in [0.29, 0.717) is 0 Å². The number of nitrogens with zero attached hydrogens (tertiary/aromatic N) is 2. The summed E-state index contributed by atoms with van der Waals surface area (Å²) in [6.45, 7) is 0. The fourth-order valence-corrected chi connectivity index (χ4v) is 2.30. The van der Waals surface area contributed by atoms with Crippen molar-refractivity contribution in [3.8, 4) is 11.5 Å². The van der Waals surface area contributed by atoms with Crippen molar-refractivity contribution in [2.45, 2.75) is 12.8 Å². The molecule has 0 saturated heterocycles. The van der Waals surface area contributed by atoms with Crippen LogP contribution in [0.3, 0.4) is 0 Å². The molecule has 0 spiro atoms. The van der Waals surface area contributed by atoms with Crippen LogP contribution in [0.4, 0.5) is 0 Å². The lowest BCUT2D eigenvalue weighted by Gasteiger charge is -2.08. The van der Waals surface area contributed by atoms with Gasteiger partial charge >= 0.3 is 0 Å². The predicted octanol–water partition coefficient (Wildman–Crippen LogP) is 2.99. The van der Waals surface area contributed by atoms with E-state index in [1.54, 1.807) is 14.2 Å². The van der Waals surface area contributed by atoms with Crippen LogP contribution in [0.1, 0.15) is 11.3 Å². The van der Waals surface area contributed by atoms with Gasteiger partial charge in [-0.25, -0.2) is 4.98 Å². The van der Waals surface area contributed by atoms with Crippen molar-refractivity contribution >= 4 is 15.9 Å². The Hall–Kier alpha value is -1.49. The number of halogens is 1. The first kappa shape index (κ1) is 13.9. The molecule has 0 aliphatic rings. The maximum absolute atomic E-state index is 5.27. The molecule has 0 atom stereocenters. The highest BCUT2D eigenvalue weighted by Crippen LogP contribution is 2.24. The molecule has 0 aliphatic carbocycles. The number of methoxy groups -OCH3 is 2. The van der Waals surface area contributed by atoms with Crippen molar-refractivity contribution in [1.82, 2.24) is 9.55 Å². The second-order valence-electron chi connectivity index (χ2n) is 4.31. The van der Waals surface area contributed by atoms with E-state index in [-0.39, 0.29) is 0 Å². The molecule has 0 unspecified atom stereocenters. The van der Waals surface area contributed by atoms with Crippen molar-refractivity contribution in [1.29, 1.82) is 0 Å². The Kier molecular flexibility index (Phi) is 4.47. The van der Waals surface area contributed by atoms with Crippen molar-refractivity contribution in [3.05, 3.63) is 40.4 Å². The van der Waals surface area contributed by atoms with Gasteiger partial charge in [-0.3, -0.25) is 0 Å². The van der Waals surface area contributed by atoms with Crippen LogP contribution in [0, 0.1) is 0 Å². The Morgan fingerprint density at radius 2 is 1.74 bits per heavy atom. The highest BCUT2D eigenvalue weighted by Gasteiger charge is 2.07. The lowest BCUT2D eigenvalue weighted by Crippen LogP contribution is -1.96. The number of ether oxygens (including phenoxy) is 2. The van der Waals surface area contributed by atoms with Gasteiger partial charge in [0, 0.05) is 13.1 Å². The van der Waals surface area contributed by atoms with Crippen LogP contribution < -0.4 is 9.47 Å². The van der Waals surface area contributed by atoms with E-state index in [1.807, 2.05) is 36.1 Å². The number of imidazole rings is 1. The molecule has 1 aromatic heterocycles. The first-order chi connectivity index (χ1) is 9.13. The van der Waals surface area contributed by atoms with Gasteiger partial charge in [0.2, 0.25) is 0 Å². The van der Waals surface area contributed by atoms with Gasteiger partial charge in [0.25, 0.3) is 0 Å². The molecule has 0 saturated carbocycles. The number of rotatable bonds is 5. The number of aromatic nitrogens is 2. The average Bonchev–Trinajstić information content (AvgIpc) is 2.76. The Morgan fingerprint density at radius 1 is 1.11 bits per heavy atom. The van der Waals surface area contributed by atoms with Gasteiger partial charge in [0.1, 0.15) is 16.1 Å². The van der Waals surface area contributed by atoms with Gasteiger partial charge in [-0.1, -0.05) is 0 Å². The SMILES string of the molecule is COc1cc(CCc2ncn(C)c2Br)cc(OC)c1. The minimum Gasteiger partial charge on any atom is -0.497 e. The summed E-state index contributed by atoms with van der Waals surface area (Å²) >= 11 is 3.53. The lowest BCUT2D eigenvalue weighted by molar-refractivity contribution is 0.393. The molecule has 4 nitrogen and oxygen atoms in total. The molecule has 102 valence electrons. The van der Waals surface area contributed by atoms with E-state index in [1.165, 1.54) is 5.56 Å². The van der Waals surface area contributed by atoms with Gasteiger partial charge < -0.3 is 14.0 Å². The highest BCUT2D eigenvalue weighted by molar-refractivity contribution is 9.10. The summed E-state index contributed by atoms with van der Waals surface area (Å²) in [5.74, 6) is 1.63. The molecule has 2 aromatic rings. The Balaban J connectivity index is 2.12. The molecule has 0 aliphatic heterocycles. The van der Waals surface area contributed by atoms with Crippen LogP contribution in [-0.4, -0.2) is 23.8 Å². The molecule has 1 aromatic carbocycles. The molecule has 0 fully saturated rings. The third-order valence-corrected chi connectivity index (χ3v) is 4.01. The normalized spacial score (nSPS) is 10.5. The van der Waals surface area contributed by atoms with Gasteiger partial charge in [-0.2, -0.15) is 0 Å². The number of aryl methyl sites for hydroxylation is 3. The molecule has 19 heavy (non-hydrogen) atoms. The molecule has 0 radical (unpaired) electrons. The van der Waals surface area contributed by atoms with Crippen LogP contribution in [-0.2, 0) is 19.9 Å². The third-order valence-electron chi connectivity index (χ3n) is 3.00. The fourth-order valence-electron chi connectivity index (χ4n) is 1.90. The third kappa shape index (κ3) is 3.29. The van der Waals surface area contributed by atoms with E-state index in [9.17, 15) is 0 Å².